The van der Waals surface area contributed by atoms with Crippen molar-refractivity contribution >= 4 is 52.6 Å². The summed E-state index contributed by atoms with van der Waals surface area (Å²) in [7, 11) is 0. The molecule has 0 aliphatic rings. The largest absolute Gasteiger partial charge is 0.355 e. The van der Waals surface area contributed by atoms with E-state index in [0.717, 1.165) is 35.3 Å². The molecule has 1 N–H and O–H groups in total. The molecular formula is C22H24Cl2N4OS2. The van der Waals surface area contributed by atoms with Crippen molar-refractivity contribution in [1.29, 1.82) is 0 Å². The van der Waals surface area contributed by atoms with E-state index in [0.29, 0.717) is 28.1 Å². The minimum atomic E-state index is -0.000102. The molecule has 9 heteroatoms. The van der Waals surface area contributed by atoms with Crippen molar-refractivity contribution in [3.05, 3.63) is 75.5 Å². The van der Waals surface area contributed by atoms with Gasteiger partial charge in [-0.1, -0.05) is 71.4 Å². The second kappa shape index (κ2) is 12.4. The number of hydrogen-bond acceptors (Lipinski definition) is 5. The van der Waals surface area contributed by atoms with Crippen LogP contribution in [0.3, 0.4) is 0 Å². The highest BCUT2D eigenvalue weighted by Crippen LogP contribution is 2.27. The molecule has 0 atom stereocenters. The molecule has 31 heavy (non-hydrogen) atoms. The monoisotopic (exact) mass is 494 g/mol. The molecule has 0 aliphatic carbocycles. The number of nitrogens with zero attached hydrogens (tertiary/aromatic N) is 3. The Balaban J connectivity index is 1.45. The number of rotatable bonds is 11. The predicted molar refractivity (Wildman–Crippen MR) is 131 cm³/mol. The molecular weight excluding hydrogens is 471 g/mol. The number of carbonyl (C=O) groups excluding carboxylic acids is 1. The van der Waals surface area contributed by atoms with Crippen molar-refractivity contribution in [2.75, 3.05) is 12.3 Å². The summed E-state index contributed by atoms with van der Waals surface area (Å²) in [4.78, 5) is 12.2. The van der Waals surface area contributed by atoms with Gasteiger partial charge >= 0.3 is 0 Å². The average Bonchev–Trinajstić information content (AvgIpc) is 3.16. The van der Waals surface area contributed by atoms with Crippen LogP contribution in [0.5, 0.6) is 0 Å². The van der Waals surface area contributed by atoms with Gasteiger partial charge < -0.3 is 9.88 Å². The summed E-state index contributed by atoms with van der Waals surface area (Å²) in [5.41, 5.74) is 2.25. The lowest BCUT2D eigenvalue weighted by Crippen LogP contribution is -2.27. The lowest BCUT2D eigenvalue weighted by atomic mass is 10.1. The minimum Gasteiger partial charge on any atom is -0.355 e. The fourth-order valence-corrected chi connectivity index (χ4v) is 5.29. The molecule has 0 fully saturated rings. The molecule has 0 unspecified atom stereocenters. The van der Waals surface area contributed by atoms with Crippen LogP contribution in [0.4, 0.5) is 0 Å². The van der Waals surface area contributed by atoms with Crippen molar-refractivity contribution in [3.63, 3.8) is 0 Å². The zero-order chi connectivity index (χ0) is 22.1. The van der Waals surface area contributed by atoms with Crippen LogP contribution in [0.2, 0.25) is 10.0 Å². The molecule has 0 aliphatic heterocycles. The fraction of sp³-hybridized carbons (Fsp3) is 0.318. The number of carbonyl (C=O) groups is 1. The van der Waals surface area contributed by atoms with Gasteiger partial charge in [0.25, 0.3) is 0 Å². The van der Waals surface area contributed by atoms with E-state index in [2.05, 4.69) is 39.1 Å². The van der Waals surface area contributed by atoms with Crippen LogP contribution in [0, 0.1) is 0 Å². The highest BCUT2D eigenvalue weighted by molar-refractivity contribution is 7.99. The second-order valence-corrected chi connectivity index (χ2v) is 9.52. The standard InChI is InChI=1S/C22H24Cl2N4OS2/c1-2-28-20(14-30-13-17-8-9-18(23)12-19(17)24)26-27-22(28)31-15-21(29)25-11-10-16-6-4-3-5-7-16/h3-9,12H,2,10-11,13-15H2,1H3,(H,25,29). The van der Waals surface area contributed by atoms with Crippen molar-refractivity contribution in [2.24, 2.45) is 0 Å². The Kier molecular flexibility index (Phi) is 9.58. The maximum absolute atomic E-state index is 12.2. The van der Waals surface area contributed by atoms with Gasteiger partial charge in [0.1, 0.15) is 5.82 Å². The number of nitrogens with one attached hydrogen (secondary N) is 1. The number of thioether (sulfide) groups is 2. The summed E-state index contributed by atoms with van der Waals surface area (Å²) in [6.07, 6.45) is 0.821. The van der Waals surface area contributed by atoms with Crippen LogP contribution in [-0.4, -0.2) is 33.0 Å². The van der Waals surface area contributed by atoms with Gasteiger partial charge in [-0.25, -0.2) is 0 Å². The van der Waals surface area contributed by atoms with Gasteiger partial charge in [0, 0.05) is 28.9 Å². The van der Waals surface area contributed by atoms with Crippen molar-refractivity contribution in [2.45, 2.75) is 36.6 Å². The molecule has 1 amide bonds. The van der Waals surface area contributed by atoms with Crippen LogP contribution in [0.25, 0.3) is 0 Å². The summed E-state index contributed by atoms with van der Waals surface area (Å²) >= 11 is 15.3. The number of aromatic nitrogens is 3. The van der Waals surface area contributed by atoms with Gasteiger partial charge in [-0.05, 0) is 36.6 Å². The first-order valence-corrected chi connectivity index (χ1v) is 12.8. The van der Waals surface area contributed by atoms with Crippen molar-refractivity contribution in [3.8, 4) is 0 Å². The van der Waals surface area contributed by atoms with E-state index >= 15 is 0 Å². The Morgan fingerprint density at radius 2 is 1.90 bits per heavy atom. The van der Waals surface area contributed by atoms with E-state index in [1.54, 1.807) is 17.8 Å². The maximum atomic E-state index is 12.2. The van der Waals surface area contributed by atoms with E-state index in [9.17, 15) is 4.79 Å². The van der Waals surface area contributed by atoms with Crippen LogP contribution in [0.1, 0.15) is 23.9 Å². The molecule has 0 spiro atoms. The number of benzene rings is 2. The zero-order valence-corrected chi connectivity index (χ0v) is 20.3. The van der Waals surface area contributed by atoms with E-state index in [4.69, 9.17) is 23.2 Å². The Morgan fingerprint density at radius 1 is 1.10 bits per heavy atom. The molecule has 164 valence electrons. The number of hydrogen-bond donors (Lipinski definition) is 1. The third-order valence-electron chi connectivity index (χ3n) is 4.52. The SMILES string of the molecule is CCn1c(CSCc2ccc(Cl)cc2Cl)nnc1SCC(=O)NCCc1ccccc1. The Morgan fingerprint density at radius 3 is 2.65 bits per heavy atom. The molecule has 0 radical (unpaired) electrons. The first-order chi connectivity index (χ1) is 15.1. The topological polar surface area (TPSA) is 59.8 Å². The van der Waals surface area contributed by atoms with Crippen LogP contribution >= 0.6 is 46.7 Å². The van der Waals surface area contributed by atoms with Gasteiger partial charge in [-0.3, -0.25) is 4.79 Å². The van der Waals surface area contributed by atoms with Gasteiger partial charge in [-0.15, -0.1) is 22.0 Å². The van der Waals surface area contributed by atoms with E-state index in [1.165, 1.54) is 17.3 Å². The van der Waals surface area contributed by atoms with Crippen LogP contribution in [-0.2, 0) is 29.3 Å². The van der Waals surface area contributed by atoms with Gasteiger partial charge in [0.05, 0.1) is 11.5 Å². The summed E-state index contributed by atoms with van der Waals surface area (Å²) in [5, 5.41) is 13.6. The first kappa shape index (κ1) is 24.0. The third-order valence-corrected chi connectivity index (χ3v) is 7.06. The molecule has 3 aromatic rings. The second-order valence-electron chi connectivity index (χ2n) is 6.75. The summed E-state index contributed by atoms with van der Waals surface area (Å²) in [5.74, 6) is 2.69. The lowest BCUT2D eigenvalue weighted by molar-refractivity contribution is -0.118. The molecule has 0 bridgehead atoms. The van der Waals surface area contributed by atoms with Crippen molar-refractivity contribution < 1.29 is 4.79 Å². The molecule has 3 rings (SSSR count). The zero-order valence-electron chi connectivity index (χ0n) is 17.2. The minimum absolute atomic E-state index is 0.000102. The highest BCUT2D eigenvalue weighted by atomic mass is 35.5. The molecule has 1 aromatic heterocycles. The average molecular weight is 496 g/mol. The Hall–Kier alpha value is -1.67. The quantitative estimate of drug-likeness (QED) is 0.357. The smallest absolute Gasteiger partial charge is 0.230 e. The Labute approximate surface area is 201 Å². The highest BCUT2D eigenvalue weighted by Gasteiger charge is 2.13. The van der Waals surface area contributed by atoms with Crippen LogP contribution in [0.15, 0.2) is 53.7 Å². The van der Waals surface area contributed by atoms with Gasteiger partial charge in [0.15, 0.2) is 5.16 Å². The summed E-state index contributed by atoms with van der Waals surface area (Å²) < 4.78 is 2.05. The lowest BCUT2D eigenvalue weighted by Gasteiger charge is -2.08. The van der Waals surface area contributed by atoms with Crippen LogP contribution < -0.4 is 5.32 Å². The third kappa shape index (κ3) is 7.45. The molecule has 0 saturated carbocycles. The summed E-state index contributed by atoms with van der Waals surface area (Å²) in [6.45, 7) is 3.43. The summed E-state index contributed by atoms with van der Waals surface area (Å²) in [6, 6.07) is 15.7. The molecule has 1 heterocycles. The van der Waals surface area contributed by atoms with Gasteiger partial charge in [0.2, 0.25) is 5.91 Å². The first-order valence-electron chi connectivity index (χ1n) is 9.94. The van der Waals surface area contributed by atoms with Gasteiger partial charge in [-0.2, -0.15) is 0 Å². The molecule has 5 nitrogen and oxygen atoms in total. The predicted octanol–water partition coefficient (Wildman–Crippen LogP) is 5.49. The maximum Gasteiger partial charge on any atom is 0.230 e. The molecule has 2 aromatic carbocycles. The Bertz CT molecular complexity index is 998. The molecule has 0 saturated heterocycles. The normalized spacial score (nSPS) is 10.9. The van der Waals surface area contributed by atoms with Crippen molar-refractivity contribution in [1.82, 2.24) is 20.1 Å². The number of halogens is 2. The number of amides is 1. The van der Waals surface area contributed by atoms with E-state index in [1.807, 2.05) is 30.3 Å². The van der Waals surface area contributed by atoms with E-state index in [-0.39, 0.29) is 5.91 Å². The van der Waals surface area contributed by atoms with E-state index < -0.39 is 0 Å². The fourth-order valence-electron chi connectivity index (χ4n) is 2.91.